The molecule has 106 valence electrons. The van der Waals surface area contributed by atoms with E-state index in [1.807, 2.05) is 11.8 Å². The molecule has 1 aromatic rings. The third-order valence-corrected chi connectivity index (χ3v) is 4.30. The smallest absolute Gasteiger partial charge is 0.255 e. The molecule has 0 bridgehead atoms. The van der Waals surface area contributed by atoms with Gasteiger partial charge in [0.2, 0.25) is 0 Å². The van der Waals surface area contributed by atoms with E-state index in [9.17, 15) is 4.79 Å². The molecule has 1 fully saturated rings. The van der Waals surface area contributed by atoms with Crippen molar-refractivity contribution in [3.63, 3.8) is 0 Å². The van der Waals surface area contributed by atoms with Crippen LogP contribution in [0.25, 0.3) is 0 Å². The standard InChI is InChI=1S/C13H16Cl2N2O.ClH/c1-8-9(2)17(7-6-16-8)13(18)10-4-3-5-11(14)12(10)15;/h3-5,8-9,16H,6-7H2,1-2H3;1H. The summed E-state index contributed by atoms with van der Waals surface area (Å²) in [5.74, 6) is -0.0525. The number of carbonyl (C=O) groups excluding carboxylic acids is 1. The van der Waals surface area contributed by atoms with Crippen molar-refractivity contribution in [1.29, 1.82) is 0 Å². The zero-order valence-corrected chi connectivity index (χ0v) is 13.1. The number of carbonyl (C=O) groups is 1. The number of piperazine rings is 1. The van der Waals surface area contributed by atoms with Gasteiger partial charge in [0.25, 0.3) is 5.91 Å². The quantitative estimate of drug-likeness (QED) is 0.860. The van der Waals surface area contributed by atoms with E-state index in [1.54, 1.807) is 18.2 Å². The third kappa shape index (κ3) is 3.34. The first-order valence-electron chi connectivity index (χ1n) is 6.00. The third-order valence-electron chi connectivity index (χ3n) is 3.48. The highest BCUT2D eigenvalue weighted by Crippen LogP contribution is 2.27. The van der Waals surface area contributed by atoms with Crippen LogP contribution in [0.15, 0.2) is 18.2 Å². The second kappa shape index (κ2) is 6.80. The zero-order valence-electron chi connectivity index (χ0n) is 10.8. The van der Waals surface area contributed by atoms with Crippen LogP contribution in [0.3, 0.4) is 0 Å². The topological polar surface area (TPSA) is 32.3 Å². The Morgan fingerprint density at radius 1 is 1.37 bits per heavy atom. The normalized spacial score (nSPS) is 22.8. The van der Waals surface area contributed by atoms with Crippen LogP contribution >= 0.6 is 35.6 Å². The van der Waals surface area contributed by atoms with E-state index in [-0.39, 0.29) is 30.4 Å². The number of rotatable bonds is 1. The molecule has 0 aliphatic carbocycles. The van der Waals surface area contributed by atoms with Crippen LogP contribution in [0.1, 0.15) is 24.2 Å². The van der Waals surface area contributed by atoms with E-state index in [4.69, 9.17) is 23.2 Å². The van der Waals surface area contributed by atoms with Gasteiger partial charge in [0, 0.05) is 25.2 Å². The van der Waals surface area contributed by atoms with Gasteiger partial charge in [-0.1, -0.05) is 29.3 Å². The summed E-state index contributed by atoms with van der Waals surface area (Å²) in [6.45, 7) is 5.60. The molecule has 2 atom stereocenters. The minimum Gasteiger partial charge on any atom is -0.333 e. The SMILES string of the molecule is CC1NCCN(C(=O)c2cccc(Cl)c2Cl)C1C.Cl. The summed E-state index contributed by atoms with van der Waals surface area (Å²) in [5.41, 5.74) is 0.477. The Kier molecular flexibility index (Phi) is 5.93. The molecule has 0 aromatic heterocycles. The zero-order chi connectivity index (χ0) is 13.3. The van der Waals surface area contributed by atoms with Gasteiger partial charge in [0.15, 0.2) is 0 Å². The van der Waals surface area contributed by atoms with E-state index in [0.717, 1.165) is 6.54 Å². The van der Waals surface area contributed by atoms with Crippen LogP contribution in [0, 0.1) is 0 Å². The van der Waals surface area contributed by atoms with Crippen LogP contribution in [0.2, 0.25) is 10.0 Å². The van der Waals surface area contributed by atoms with E-state index >= 15 is 0 Å². The molecule has 6 heteroatoms. The lowest BCUT2D eigenvalue weighted by Crippen LogP contribution is -2.57. The van der Waals surface area contributed by atoms with Crippen LogP contribution in [0.4, 0.5) is 0 Å². The van der Waals surface area contributed by atoms with Gasteiger partial charge in [0.1, 0.15) is 0 Å². The number of nitrogens with zero attached hydrogens (tertiary/aromatic N) is 1. The van der Waals surface area contributed by atoms with E-state index < -0.39 is 0 Å². The van der Waals surface area contributed by atoms with Crippen molar-refractivity contribution in [3.8, 4) is 0 Å². The number of benzene rings is 1. The number of hydrogen-bond acceptors (Lipinski definition) is 2. The first-order valence-corrected chi connectivity index (χ1v) is 6.76. The highest BCUT2D eigenvalue weighted by molar-refractivity contribution is 6.43. The van der Waals surface area contributed by atoms with Crippen molar-refractivity contribution in [2.75, 3.05) is 13.1 Å². The van der Waals surface area contributed by atoms with Crippen molar-refractivity contribution in [2.45, 2.75) is 25.9 Å². The van der Waals surface area contributed by atoms with Gasteiger partial charge in [-0.05, 0) is 26.0 Å². The molecule has 0 spiro atoms. The summed E-state index contributed by atoms with van der Waals surface area (Å²) < 4.78 is 0. The van der Waals surface area contributed by atoms with E-state index in [0.29, 0.717) is 22.2 Å². The van der Waals surface area contributed by atoms with E-state index in [2.05, 4.69) is 12.2 Å². The van der Waals surface area contributed by atoms with Crippen molar-refractivity contribution in [2.24, 2.45) is 0 Å². The largest absolute Gasteiger partial charge is 0.333 e. The Balaban J connectivity index is 0.00000180. The molecule has 1 saturated heterocycles. The Morgan fingerprint density at radius 3 is 2.74 bits per heavy atom. The Morgan fingerprint density at radius 2 is 2.05 bits per heavy atom. The van der Waals surface area contributed by atoms with Crippen molar-refractivity contribution in [3.05, 3.63) is 33.8 Å². The molecule has 0 radical (unpaired) electrons. The first-order chi connectivity index (χ1) is 8.52. The highest BCUT2D eigenvalue weighted by atomic mass is 35.5. The lowest BCUT2D eigenvalue weighted by Gasteiger charge is -2.38. The molecule has 1 N–H and O–H groups in total. The summed E-state index contributed by atoms with van der Waals surface area (Å²) in [5, 5.41) is 4.09. The van der Waals surface area contributed by atoms with Crippen LogP contribution < -0.4 is 5.32 Å². The molecule has 1 heterocycles. The summed E-state index contributed by atoms with van der Waals surface area (Å²) in [4.78, 5) is 14.3. The minimum absolute atomic E-state index is 0. The van der Waals surface area contributed by atoms with Crippen molar-refractivity contribution in [1.82, 2.24) is 10.2 Å². The molecule has 1 aliphatic heterocycles. The van der Waals surface area contributed by atoms with Gasteiger partial charge in [-0.2, -0.15) is 0 Å². The molecule has 1 aliphatic rings. The molecular weight excluding hydrogens is 307 g/mol. The summed E-state index contributed by atoms with van der Waals surface area (Å²) in [6, 6.07) is 5.57. The number of halogens is 3. The predicted octanol–water partition coefficient (Wildman–Crippen LogP) is 3.24. The number of hydrogen-bond donors (Lipinski definition) is 1. The van der Waals surface area contributed by atoms with Gasteiger partial charge >= 0.3 is 0 Å². The fraction of sp³-hybridized carbons (Fsp3) is 0.462. The molecule has 2 rings (SSSR count). The van der Waals surface area contributed by atoms with Gasteiger partial charge < -0.3 is 10.2 Å². The molecule has 1 amide bonds. The molecular formula is C13H17Cl3N2O. The predicted molar refractivity (Wildman–Crippen MR) is 81.7 cm³/mol. The molecule has 19 heavy (non-hydrogen) atoms. The van der Waals surface area contributed by atoms with Gasteiger partial charge in [0.05, 0.1) is 15.6 Å². The lowest BCUT2D eigenvalue weighted by atomic mass is 10.1. The summed E-state index contributed by atoms with van der Waals surface area (Å²) in [7, 11) is 0. The van der Waals surface area contributed by atoms with Gasteiger partial charge in [-0.3, -0.25) is 4.79 Å². The van der Waals surface area contributed by atoms with Crippen LogP contribution in [0.5, 0.6) is 0 Å². The average Bonchev–Trinajstić information content (AvgIpc) is 2.35. The van der Waals surface area contributed by atoms with Gasteiger partial charge in [-0.15, -0.1) is 12.4 Å². The van der Waals surface area contributed by atoms with Gasteiger partial charge in [-0.25, -0.2) is 0 Å². The summed E-state index contributed by atoms with van der Waals surface area (Å²) in [6.07, 6.45) is 0. The number of amides is 1. The van der Waals surface area contributed by atoms with Crippen LogP contribution in [-0.2, 0) is 0 Å². The minimum atomic E-state index is -0.0525. The van der Waals surface area contributed by atoms with Crippen LogP contribution in [-0.4, -0.2) is 36.0 Å². The molecule has 2 unspecified atom stereocenters. The van der Waals surface area contributed by atoms with Crippen molar-refractivity contribution >= 4 is 41.5 Å². The summed E-state index contributed by atoms with van der Waals surface area (Å²) >= 11 is 12.0. The van der Waals surface area contributed by atoms with E-state index in [1.165, 1.54) is 0 Å². The maximum Gasteiger partial charge on any atom is 0.255 e. The second-order valence-corrected chi connectivity index (χ2v) is 5.37. The first kappa shape index (κ1) is 16.6. The maximum absolute atomic E-state index is 12.5. The molecule has 0 saturated carbocycles. The fourth-order valence-corrected chi connectivity index (χ4v) is 2.55. The Hall–Kier alpha value is -0.480. The Labute approximate surface area is 129 Å². The maximum atomic E-state index is 12.5. The van der Waals surface area contributed by atoms with Crippen molar-refractivity contribution < 1.29 is 4.79 Å². The fourth-order valence-electron chi connectivity index (χ4n) is 2.17. The molecule has 1 aromatic carbocycles. The second-order valence-electron chi connectivity index (χ2n) is 4.58. The average molecular weight is 324 g/mol. The Bertz CT molecular complexity index is 467. The number of nitrogens with one attached hydrogen (secondary N) is 1. The monoisotopic (exact) mass is 322 g/mol. The highest BCUT2D eigenvalue weighted by Gasteiger charge is 2.29. The molecule has 3 nitrogen and oxygen atoms in total. The lowest BCUT2D eigenvalue weighted by molar-refractivity contribution is 0.0603.